The standard InChI is InChI=1S/C13H19N3O2/c1-8(17)10-5-12(16(2)7-10)13(18)15-6-11(14)9-3-4-9/h5,7,9,11H,3-4,6,14H2,1-2H3,(H,15,18). The van der Waals surface area contributed by atoms with Crippen LogP contribution in [0.1, 0.15) is 40.6 Å². The Morgan fingerprint density at radius 1 is 1.56 bits per heavy atom. The first-order chi connectivity index (χ1) is 8.49. The highest BCUT2D eigenvalue weighted by molar-refractivity contribution is 5.99. The lowest BCUT2D eigenvalue weighted by Crippen LogP contribution is -2.39. The fraction of sp³-hybridized carbons (Fsp3) is 0.538. The van der Waals surface area contributed by atoms with E-state index in [4.69, 9.17) is 5.73 Å². The summed E-state index contributed by atoms with van der Waals surface area (Å²) in [5.41, 5.74) is 6.96. The third kappa shape index (κ3) is 2.79. The topological polar surface area (TPSA) is 77.1 Å². The van der Waals surface area contributed by atoms with Gasteiger partial charge in [-0.1, -0.05) is 0 Å². The van der Waals surface area contributed by atoms with E-state index < -0.39 is 0 Å². The Labute approximate surface area is 106 Å². The number of hydrogen-bond acceptors (Lipinski definition) is 3. The molecule has 2 rings (SSSR count). The Balaban J connectivity index is 1.97. The fourth-order valence-electron chi connectivity index (χ4n) is 1.97. The van der Waals surface area contributed by atoms with Crippen LogP contribution in [0.25, 0.3) is 0 Å². The Bertz CT molecular complexity index is 475. The Morgan fingerprint density at radius 3 is 2.72 bits per heavy atom. The normalized spacial score (nSPS) is 16.4. The molecule has 1 aliphatic rings. The van der Waals surface area contributed by atoms with E-state index in [9.17, 15) is 9.59 Å². The van der Waals surface area contributed by atoms with Crippen LogP contribution in [0.2, 0.25) is 0 Å². The Hall–Kier alpha value is -1.62. The minimum atomic E-state index is -0.180. The molecular formula is C13H19N3O2. The van der Waals surface area contributed by atoms with E-state index in [0.29, 0.717) is 23.7 Å². The summed E-state index contributed by atoms with van der Waals surface area (Å²) in [4.78, 5) is 23.2. The number of carbonyl (C=O) groups excluding carboxylic acids is 2. The monoisotopic (exact) mass is 249 g/mol. The first-order valence-corrected chi connectivity index (χ1v) is 6.20. The second kappa shape index (κ2) is 4.94. The van der Waals surface area contributed by atoms with E-state index in [1.807, 2.05) is 0 Å². The average molecular weight is 249 g/mol. The number of nitrogens with zero attached hydrogens (tertiary/aromatic N) is 1. The number of aryl methyl sites for hydroxylation is 1. The van der Waals surface area contributed by atoms with Crippen molar-refractivity contribution in [3.05, 3.63) is 23.5 Å². The van der Waals surface area contributed by atoms with Gasteiger partial charge in [-0.05, 0) is 31.7 Å². The zero-order chi connectivity index (χ0) is 13.3. The number of nitrogens with two attached hydrogens (primary N) is 1. The first-order valence-electron chi connectivity index (χ1n) is 6.20. The number of hydrogen-bond donors (Lipinski definition) is 2. The van der Waals surface area contributed by atoms with Crippen LogP contribution < -0.4 is 11.1 Å². The maximum atomic E-state index is 12.0. The van der Waals surface area contributed by atoms with Crippen molar-refractivity contribution in [2.45, 2.75) is 25.8 Å². The molecule has 3 N–H and O–H groups in total. The first kappa shape index (κ1) is 12.8. The van der Waals surface area contributed by atoms with Crippen molar-refractivity contribution in [2.24, 2.45) is 18.7 Å². The van der Waals surface area contributed by atoms with Crippen LogP contribution in [0.4, 0.5) is 0 Å². The van der Waals surface area contributed by atoms with Gasteiger partial charge in [-0.3, -0.25) is 9.59 Å². The quantitative estimate of drug-likeness (QED) is 0.754. The molecule has 1 amide bonds. The van der Waals surface area contributed by atoms with Gasteiger partial charge in [0.2, 0.25) is 0 Å². The molecule has 1 unspecified atom stereocenters. The molecule has 0 aliphatic heterocycles. The summed E-state index contributed by atoms with van der Waals surface area (Å²) < 4.78 is 1.66. The predicted octanol–water partition coefficient (Wildman–Crippen LogP) is 0.695. The van der Waals surface area contributed by atoms with Gasteiger partial charge in [-0.25, -0.2) is 0 Å². The Kier molecular flexibility index (Phi) is 3.52. The van der Waals surface area contributed by atoms with Crippen LogP contribution in [0.15, 0.2) is 12.3 Å². The summed E-state index contributed by atoms with van der Waals surface area (Å²) in [6.45, 7) is 1.98. The highest BCUT2D eigenvalue weighted by Gasteiger charge is 2.28. The maximum absolute atomic E-state index is 12.0. The summed E-state index contributed by atoms with van der Waals surface area (Å²) in [6.07, 6.45) is 3.99. The van der Waals surface area contributed by atoms with Gasteiger partial charge in [-0.2, -0.15) is 0 Å². The largest absolute Gasteiger partial charge is 0.349 e. The summed E-state index contributed by atoms with van der Waals surface area (Å²) in [5.74, 6) is 0.340. The zero-order valence-electron chi connectivity index (χ0n) is 10.8. The van der Waals surface area contributed by atoms with Crippen molar-refractivity contribution < 1.29 is 9.59 Å². The number of nitrogens with one attached hydrogen (secondary N) is 1. The lowest BCUT2D eigenvalue weighted by Gasteiger charge is -2.11. The van der Waals surface area contributed by atoms with Gasteiger partial charge in [0, 0.05) is 31.4 Å². The number of ketones is 1. The van der Waals surface area contributed by atoms with Gasteiger partial charge >= 0.3 is 0 Å². The van der Waals surface area contributed by atoms with E-state index in [2.05, 4.69) is 5.32 Å². The molecule has 1 aromatic heterocycles. The number of aromatic nitrogens is 1. The fourth-order valence-corrected chi connectivity index (χ4v) is 1.97. The smallest absolute Gasteiger partial charge is 0.267 e. The van der Waals surface area contributed by atoms with E-state index in [0.717, 1.165) is 12.8 Å². The molecule has 1 fully saturated rings. The Morgan fingerprint density at radius 2 is 2.22 bits per heavy atom. The van der Waals surface area contributed by atoms with Crippen LogP contribution in [-0.4, -0.2) is 28.8 Å². The van der Waals surface area contributed by atoms with Gasteiger partial charge < -0.3 is 15.6 Å². The summed E-state index contributed by atoms with van der Waals surface area (Å²) in [6, 6.07) is 1.65. The van der Waals surface area contributed by atoms with E-state index in [1.54, 1.807) is 23.9 Å². The van der Waals surface area contributed by atoms with E-state index in [1.165, 1.54) is 6.92 Å². The van der Waals surface area contributed by atoms with Crippen molar-refractivity contribution in [2.75, 3.05) is 6.54 Å². The minimum absolute atomic E-state index is 0.0423. The van der Waals surface area contributed by atoms with Crippen molar-refractivity contribution >= 4 is 11.7 Å². The van der Waals surface area contributed by atoms with Crippen molar-refractivity contribution in [1.29, 1.82) is 0 Å². The van der Waals surface area contributed by atoms with Crippen LogP contribution in [-0.2, 0) is 7.05 Å². The van der Waals surface area contributed by atoms with Gasteiger partial charge in [0.25, 0.3) is 5.91 Å². The molecular weight excluding hydrogens is 230 g/mol. The molecule has 0 bridgehead atoms. The van der Waals surface area contributed by atoms with Crippen LogP contribution in [0.3, 0.4) is 0 Å². The third-order valence-electron chi connectivity index (χ3n) is 3.37. The van der Waals surface area contributed by atoms with E-state index >= 15 is 0 Å². The molecule has 18 heavy (non-hydrogen) atoms. The molecule has 1 aliphatic carbocycles. The molecule has 98 valence electrons. The van der Waals surface area contributed by atoms with Gasteiger partial charge in [0.1, 0.15) is 5.69 Å². The van der Waals surface area contributed by atoms with Gasteiger partial charge in [-0.15, -0.1) is 0 Å². The molecule has 0 spiro atoms. The molecule has 1 atom stereocenters. The van der Waals surface area contributed by atoms with Gasteiger partial charge in [0.05, 0.1) is 0 Å². The molecule has 1 aromatic rings. The summed E-state index contributed by atoms with van der Waals surface area (Å²) >= 11 is 0. The maximum Gasteiger partial charge on any atom is 0.267 e. The second-order valence-corrected chi connectivity index (χ2v) is 4.99. The lowest BCUT2D eigenvalue weighted by molar-refractivity contribution is 0.0942. The van der Waals surface area contributed by atoms with Gasteiger partial charge in [0.15, 0.2) is 5.78 Å². The van der Waals surface area contributed by atoms with Crippen LogP contribution in [0, 0.1) is 5.92 Å². The summed E-state index contributed by atoms with van der Waals surface area (Å²) in [5, 5.41) is 2.82. The molecule has 5 nitrogen and oxygen atoms in total. The molecule has 1 saturated carbocycles. The molecule has 0 radical (unpaired) electrons. The second-order valence-electron chi connectivity index (χ2n) is 4.99. The highest BCUT2D eigenvalue weighted by atomic mass is 16.2. The van der Waals surface area contributed by atoms with Crippen LogP contribution >= 0.6 is 0 Å². The molecule has 0 saturated heterocycles. The van der Waals surface area contributed by atoms with Crippen molar-refractivity contribution in [3.8, 4) is 0 Å². The van der Waals surface area contributed by atoms with Crippen molar-refractivity contribution in [1.82, 2.24) is 9.88 Å². The zero-order valence-corrected chi connectivity index (χ0v) is 10.8. The molecule has 0 aromatic carbocycles. The average Bonchev–Trinajstić information content (AvgIpc) is 3.08. The molecule has 1 heterocycles. The van der Waals surface area contributed by atoms with Crippen LogP contribution in [0.5, 0.6) is 0 Å². The third-order valence-corrected chi connectivity index (χ3v) is 3.37. The number of amides is 1. The highest BCUT2D eigenvalue weighted by Crippen LogP contribution is 2.31. The lowest BCUT2D eigenvalue weighted by atomic mass is 10.2. The molecule has 5 heteroatoms. The number of carbonyl (C=O) groups is 2. The minimum Gasteiger partial charge on any atom is -0.349 e. The number of rotatable bonds is 5. The van der Waals surface area contributed by atoms with Crippen molar-refractivity contribution in [3.63, 3.8) is 0 Å². The van der Waals surface area contributed by atoms with E-state index in [-0.39, 0.29) is 17.7 Å². The number of Topliss-reactive ketones (excluding diaryl/α,β-unsaturated/α-hetero) is 1. The SMILES string of the molecule is CC(=O)c1cc(C(=O)NCC(N)C2CC2)n(C)c1. The predicted molar refractivity (Wildman–Crippen MR) is 68.5 cm³/mol. The summed E-state index contributed by atoms with van der Waals surface area (Å²) in [7, 11) is 1.75.